The normalized spacial score (nSPS) is 25.3. The molecule has 222 valence electrons. The average Bonchev–Trinajstić information content (AvgIpc) is 2.90. The third-order valence-corrected chi connectivity index (χ3v) is 8.02. The predicted octanol–water partition coefficient (Wildman–Crippen LogP) is 5.66. The van der Waals surface area contributed by atoms with Gasteiger partial charge in [0.05, 0.1) is 11.3 Å². The summed E-state index contributed by atoms with van der Waals surface area (Å²) in [7, 11) is 0. The monoisotopic (exact) mass is 568 g/mol. The lowest BCUT2D eigenvalue weighted by Crippen LogP contribution is -2.70. The number of carbonyl (C=O) groups is 1. The molecule has 0 saturated carbocycles. The van der Waals surface area contributed by atoms with Crippen LogP contribution in [0.4, 0.5) is 8.78 Å². The second-order valence-electron chi connectivity index (χ2n) is 12.9. The molecule has 2 aliphatic rings. The lowest BCUT2D eigenvalue weighted by Gasteiger charge is -2.52. The van der Waals surface area contributed by atoms with Crippen LogP contribution in [0, 0.1) is 11.2 Å². The first-order valence-corrected chi connectivity index (χ1v) is 14.2. The molecule has 0 bridgehead atoms. The van der Waals surface area contributed by atoms with E-state index in [1.807, 2.05) is 11.0 Å². The van der Waals surface area contributed by atoms with Gasteiger partial charge in [-0.05, 0) is 76.1 Å². The molecule has 0 radical (unpaired) electrons. The zero-order valence-electron chi connectivity index (χ0n) is 24.9. The van der Waals surface area contributed by atoms with E-state index in [4.69, 9.17) is 9.73 Å². The van der Waals surface area contributed by atoms with Gasteiger partial charge in [0.1, 0.15) is 5.82 Å². The van der Waals surface area contributed by atoms with Crippen molar-refractivity contribution in [2.45, 2.75) is 83.8 Å². The summed E-state index contributed by atoms with van der Waals surface area (Å²) in [5.74, 6) is -1.74. The molecule has 0 spiro atoms. The number of pyridine rings is 1. The minimum atomic E-state index is -2.61. The molecule has 41 heavy (non-hydrogen) atoms. The number of aromatic nitrogens is 1. The second-order valence-corrected chi connectivity index (χ2v) is 12.9. The van der Waals surface area contributed by atoms with E-state index in [1.165, 1.54) is 12.1 Å². The molecule has 2 N–H and O–H groups in total. The van der Waals surface area contributed by atoms with Crippen LogP contribution in [0.1, 0.15) is 65.5 Å². The quantitative estimate of drug-likeness (QED) is 0.406. The van der Waals surface area contributed by atoms with Crippen LogP contribution >= 0.6 is 0 Å². The lowest BCUT2D eigenvalue weighted by molar-refractivity contribution is -0.186. The van der Waals surface area contributed by atoms with E-state index in [1.54, 1.807) is 64.5 Å². The Labute approximate surface area is 241 Å². The van der Waals surface area contributed by atoms with Gasteiger partial charge in [-0.3, -0.25) is 15.3 Å². The van der Waals surface area contributed by atoms with Gasteiger partial charge in [0.15, 0.2) is 11.8 Å². The van der Waals surface area contributed by atoms with Gasteiger partial charge in [-0.15, -0.1) is 0 Å². The SMILES string of the molecule is CC1(C)CCN(C2=C(c3cccnc3)C=NC(C)(NCCc3ccc(F)cc3)C2(F)C(OC(C)(C)C)C(=O)O)CC1. The number of likely N-dealkylation sites (tertiary alicyclic amines) is 1. The van der Waals surface area contributed by atoms with Crippen LogP contribution in [0.25, 0.3) is 5.57 Å². The number of ether oxygens (including phenoxy) is 1. The Bertz CT molecular complexity index is 1280. The zero-order valence-corrected chi connectivity index (χ0v) is 24.9. The van der Waals surface area contributed by atoms with Crippen molar-refractivity contribution in [2.24, 2.45) is 10.4 Å². The van der Waals surface area contributed by atoms with Crippen molar-refractivity contribution in [1.29, 1.82) is 0 Å². The summed E-state index contributed by atoms with van der Waals surface area (Å²) in [5, 5.41) is 13.8. The Morgan fingerprint density at radius 1 is 1.15 bits per heavy atom. The first kappa shape index (κ1) is 30.8. The van der Waals surface area contributed by atoms with E-state index in [0.29, 0.717) is 30.6 Å². The number of rotatable bonds is 9. The number of nitrogens with one attached hydrogen (secondary N) is 1. The van der Waals surface area contributed by atoms with Gasteiger partial charge in [0, 0.05) is 49.4 Å². The van der Waals surface area contributed by atoms with Crippen molar-refractivity contribution in [1.82, 2.24) is 15.2 Å². The third kappa shape index (κ3) is 6.67. The van der Waals surface area contributed by atoms with Gasteiger partial charge in [0.2, 0.25) is 5.67 Å². The molecule has 2 aromatic rings. The van der Waals surface area contributed by atoms with Crippen molar-refractivity contribution in [3.8, 4) is 0 Å². The van der Waals surface area contributed by atoms with E-state index >= 15 is 4.39 Å². The summed E-state index contributed by atoms with van der Waals surface area (Å²) in [6.45, 7) is 12.5. The summed E-state index contributed by atoms with van der Waals surface area (Å²) in [6.07, 6.45) is 5.13. The van der Waals surface area contributed by atoms with Crippen LogP contribution in [-0.2, 0) is 16.0 Å². The number of allylic oxidation sites excluding steroid dienone is 1. The zero-order chi connectivity index (χ0) is 30.1. The Hall–Kier alpha value is -3.17. The number of dihydropyridines is 1. The van der Waals surface area contributed by atoms with Crippen molar-refractivity contribution >= 4 is 17.8 Å². The maximum absolute atomic E-state index is 18.6. The number of halogens is 2. The van der Waals surface area contributed by atoms with Gasteiger partial charge in [0.25, 0.3) is 0 Å². The molecule has 0 amide bonds. The molecular formula is C32H42F2N4O3. The molecule has 3 unspecified atom stereocenters. The van der Waals surface area contributed by atoms with Gasteiger partial charge in [-0.25, -0.2) is 13.6 Å². The number of hydrogen-bond donors (Lipinski definition) is 2. The predicted molar refractivity (Wildman–Crippen MR) is 157 cm³/mol. The number of aliphatic imine (C=N–C) groups is 1. The number of carboxylic acids is 1. The van der Waals surface area contributed by atoms with Gasteiger partial charge >= 0.3 is 5.97 Å². The first-order valence-electron chi connectivity index (χ1n) is 14.2. The third-order valence-electron chi connectivity index (χ3n) is 8.02. The van der Waals surface area contributed by atoms with Crippen LogP contribution in [0.2, 0.25) is 0 Å². The molecule has 1 fully saturated rings. The fourth-order valence-corrected chi connectivity index (χ4v) is 5.56. The number of carboxylic acid groups (broad SMARTS) is 1. The highest BCUT2D eigenvalue weighted by molar-refractivity contribution is 6.12. The maximum atomic E-state index is 18.6. The van der Waals surface area contributed by atoms with Crippen molar-refractivity contribution in [3.63, 3.8) is 0 Å². The van der Waals surface area contributed by atoms with E-state index < -0.39 is 29.0 Å². The van der Waals surface area contributed by atoms with Gasteiger partial charge < -0.3 is 14.7 Å². The average molecular weight is 569 g/mol. The highest BCUT2D eigenvalue weighted by Gasteiger charge is 2.64. The van der Waals surface area contributed by atoms with E-state index in [9.17, 15) is 14.3 Å². The minimum absolute atomic E-state index is 0.0814. The van der Waals surface area contributed by atoms with Gasteiger partial charge in [-0.2, -0.15) is 0 Å². The van der Waals surface area contributed by atoms with Crippen LogP contribution in [0.15, 0.2) is 59.5 Å². The molecule has 1 aromatic heterocycles. The number of aliphatic carboxylic acids is 1. The molecule has 3 atom stereocenters. The fourth-order valence-electron chi connectivity index (χ4n) is 5.56. The van der Waals surface area contributed by atoms with Crippen molar-refractivity contribution in [3.05, 3.63) is 71.4 Å². The molecule has 2 aliphatic heterocycles. The summed E-state index contributed by atoms with van der Waals surface area (Å²) in [4.78, 5) is 23.9. The summed E-state index contributed by atoms with van der Waals surface area (Å²) >= 11 is 0. The van der Waals surface area contributed by atoms with Crippen LogP contribution < -0.4 is 5.32 Å². The molecule has 7 nitrogen and oxygen atoms in total. The van der Waals surface area contributed by atoms with E-state index in [2.05, 4.69) is 24.1 Å². The highest BCUT2D eigenvalue weighted by Crippen LogP contribution is 2.49. The topological polar surface area (TPSA) is 87.0 Å². The summed E-state index contributed by atoms with van der Waals surface area (Å²) < 4.78 is 38.1. The van der Waals surface area contributed by atoms with E-state index in [-0.39, 0.29) is 23.5 Å². The second kappa shape index (κ2) is 11.6. The fraction of sp³-hybridized carbons (Fsp3) is 0.531. The van der Waals surface area contributed by atoms with E-state index in [0.717, 1.165) is 18.4 Å². The Kier molecular flexibility index (Phi) is 8.71. The molecular weight excluding hydrogens is 526 g/mol. The molecule has 9 heteroatoms. The number of piperidine rings is 1. The molecule has 3 heterocycles. The van der Waals surface area contributed by atoms with Gasteiger partial charge in [-0.1, -0.05) is 32.0 Å². The van der Waals surface area contributed by atoms with Crippen LogP contribution in [0.5, 0.6) is 0 Å². The summed E-state index contributed by atoms with van der Waals surface area (Å²) in [6, 6.07) is 9.71. The van der Waals surface area contributed by atoms with Crippen LogP contribution in [-0.4, -0.2) is 69.8 Å². The Balaban J connectivity index is 1.86. The smallest absolute Gasteiger partial charge is 0.336 e. The largest absolute Gasteiger partial charge is 0.479 e. The molecule has 4 rings (SSSR count). The Morgan fingerprint density at radius 3 is 2.37 bits per heavy atom. The highest BCUT2D eigenvalue weighted by atomic mass is 19.1. The first-order chi connectivity index (χ1) is 19.2. The number of nitrogens with zero attached hydrogens (tertiary/aromatic N) is 3. The summed E-state index contributed by atoms with van der Waals surface area (Å²) in [5.41, 5.74) is -2.96. The van der Waals surface area contributed by atoms with Crippen LogP contribution in [0.3, 0.4) is 0 Å². The minimum Gasteiger partial charge on any atom is -0.479 e. The van der Waals surface area contributed by atoms with Crippen molar-refractivity contribution < 1.29 is 23.4 Å². The van der Waals surface area contributed by atoms with Crippen molar-refractivity contribution in [2.75, 3.05) is 19.6 Å². The lowest BCUT2D eigenvalue weighted by atomic mass is 9.75. The molecule has 1 aromatic carbocycles. The number of benzene rings is 1. The molecule has 0 aliphatic carbocycles. The Morgan fingerprint density at radius 2 is 1.80 bits per heavy atom. The standard InChI is InChI=1S/C32H42F2N4O3/c1-29(2,3)41-27(28(39)40)32(34)26(38-18-14-30(4,5)15-19-38)25(23-8-7-16-35-20-23)21-37-31(32,6)36-17-13-22-9-11-24(33)12-10-22/h7-12,16,20-21,27,36H,13-15,17-19H2,1-6H3,(H,39,40). The number of hydrogen-bond acceptors (Lipinski definition) is 6. The maximum Gasteiger partial charge on any atom is 0.336 e. The molecule has 1 saturated heterocycles. The number of alkyl halides is 1.